The largest absolute Gasteiger partial charge is 0.478 e. The normalized spacial score (nSPS) is 15.4. The molecule has 2 aromatic rings. The zero-order valence-electron chi connectivity index (χ0n) is 14.9. The van der Waals surface area contributed by atoms with Gasteiger partial charge in [0.15, 0.2) is 0 Å². The minimum atomic E-state index is -4.42. The zero-order chi connectivity index (χ0) is 20.1. The lowest BCUT2D eigenvalue weighted by atomic mass is 9.98. The van der Waals surface area contributed by atoms with Crippen LogP contribution in [0.25, 0.3) is 5.57 Å². The van der Waals surface area contributed by atoms with Crippen molar-refractivity contribution < 1.29 is 23.1 Å². The summed E-state index contributed by atoms with van der Waals surface area (Å²) in [5, 5.41) is 8.78. The molecule has 0 atom stereocenters. The van der Waals surface area contributed by atoms with Crippen LogP contribution in [-0.2, 0) is 11.0 Å². The minimum Gasteiger partial charge on any atom is -0.478 e. The van der Waals surface area contributed by atoms with E-state index in [1.807, 2.05) is 0 Å². The van der Waals surface area contributed by atoms with E-state index in [2.05, 4.69) is 14.9 Å². The zero-order valence-corrected chi connectivity index (χ0v) is 14.9. The summed E-state index contributed by atoms with van der Waals surface area (Å²) in [5.74, 6) is -0.516. The number of carboxylic acids is 1. The smallest absolute Gasteiger partial charge is 0.416 e. The number of alkyl halides is 3. The number of anilines is 1. The van der Waals surface area contributed by atoms with E-state index >= 15 is 0 Å². The van der Waals surface area contributed by atoms with Gasteiger partial charge in [-0.15, -0.1) is 0 Å². The van der Waals surface area contributed by atoms with Crippen molar-refractivity contribution in [2.75, 3.05) is 18.0 Å². The molecule has 1 fully saturated rings. The van der Waals surface area contributed by atoms with Crippen LogP contribution in [-0.4, -0.2) is 34.1 Å². The van der Waals surface area contributed by atoms with Crippen molar-refractivity contribution in [3.63, 3.8) is 0 Å². The van der Waals surface area contributed by atoms with Crippen molar-refractivity contribution in [1.82, 2.24) is 9.97 Å². The molecule has 1 saturated heterocycles. The lowest BCUT2D eigenvalue weighted by Gasteiger charge is -2.15. The Labute approximate surface area is 159 Å². The lowest BCUT2D eigenvalue weighted by molar-refractivity contribution is -0.137. The van der Waals surface area contributed by atoms with Crippen LogP contribution in [0.4, 0.5) is 19.1 Å². The summed E-state index contributed by atoms with van der Waals surface area (Å²) in [5.41, 5.74) is 0.856. The molecule has 3 rings (SSSR count). The molecule has 2 heterocycles. The van der Waals surface area contributed by atoms with E-state index in [0.717, 1.165) is 44.1 Å². The molecule has 1 aliphatic rings. The van der Waals surface area contributed by atoms with Crippen molar-refractivity contribution in [3.05, 3.63) is 71.6 Å². The Morgan fingerprint density at radius 2 is 1.64 bits per heavy atom. The summed E-state index contributed by atoms with van der Waals surface area (Å²) in [6, 6.07) is 4.67. The maximum Gasteiger partial charge on any atom is 0.416 e. The molecule has 1 aliphatic heterocycles. The minimum absolute atomic E-state index is 0.501. The van der Waals surface area contributed by atoms with Crippen molar-refractivity contribution in [2.24, 2.45) is 0 Å². The molecule has 0 spiro atoms. The Balaban J connectivity index is 1.94. The summed E-state index contributed by atoms with van der Waals surface area (Å²) >= 11 is 0. The monoisotopic (exact) mass is 389 g/mol. The predicted octanol–water partition coefficient (Wildman–Crippen LogP) is 4.17. The van der Waals surface area contributed by atoms with Crippen LogP contribution in [0.2, 0.25) is 0 Å². The SMILES string of the molecule is O=C(O)/C=C/C=C(\c1ccc(C(F)(F)F)cc1)c1cnc(N2CCCC2)nc1. The lowest BCUT2D eigenvalue weighted by Crippen LogP contribution is -2.20. The molecular formula is C20H18F3N3O2. The number of nitrogens with zero attached hydrogens (tertiary/aromatic N) is 3. The molecule has 28 heavy (non-hydrogen) atoms. The van der Waals surface area contributed by atoms with E-state index in [-0.39, 0.29) is 0 Å². The number of benzene rings is 1. The topological polar surface area (TPSA) is 66.3 Å². The van der Waals surface area contributed by atoms with Gasteiger partial charge in [-0.2, -0.15) is 13.2 Å². The first-order valence-corrected chi connectivity index (χ1v) is 8.71. The molecule has 0 radical (unpaired) electrons. The van der Waals surface area contributed by atoms with Crippen LogP contribution in [0.5, 0.6) is 0 Å². The fourth-order valence-electron chi connectivity index (χ4n) is 2.97. The molecule has 0 saturated carbocycles. The van der Waals surface area contributed by atoms with Crippen molar-refractivity contribution in [2.45, 2.75) is 19.0 Å². The summed E-state index contributed by atoms with van der Waals surface area (Å²) in [7, 11) is 0. The van der Waals surface area contributed by atoms with Gasteiger partial charge in [0.1, 0.15) is 0 Å². The third-order valence-electron chi connectivity index (χ3n) is 4.36. The maximum absolute atomic E-state index is 12.8. The Kier molecular flexibility index (Phi) is 5.77. The predicted molar refractivity (Wildman–Crippen MR) is 98.8 cm³/mol. The van der Waals surface area contributed by atoms with E-state index in [4.69, 9.17) is 5.11 Å². The van der Waals surface area contributed by atoms with Crippen LogP contribution in [0.3, 0.4) is 0 Å². The Morgan fingerprint density at radius 3 is 2.18 bits per heavy atom. The standard InChI is InChI=1S/C20H18F3N3O2/c21-20(22,23)16-8-6-14(7-9-16)17(4-3-5-18(27)28)15-12-24-19(25-13-15)26-10-1-2-11-26/h3-9,12-13H,1-2,10-11H2,(H,27,28)/b5-3+,17-4+. The van der Waals surface area contributed by atoms with Gasteiger partial charge in [-0.3, -0.25) is 0 Å². The molecule has 0 aliphatic carbocycles. The van der Waals surface area contributed by atoms with Gasteiger partial charge in [0.25, 0.3) is 0 Å². The first kappa shape index (κ1) is 19.6. The van der Waals surface area contributed by atoms with Crippen molar-refractivity contribution >= 4 is 17.5 Å². The number of hydrogen-bond donors (Lipinski definition) is 1. The number of aromatic nitrogens is 2. The van der Waals surface area contributed by atoms with Gasteiger partial charge in [-0.25, -0.2) is 14.8 Å². The first-order valence-electron chi connectivity index (χ1n) is 8.71. The van der Waals surface area contributed by atoms with E-state index in [1.54, 1.807) is 12.4 Å². The van der Waals surface area contributed by atoms with Crippen LogP contribution >= 0.6 is 0 Å². The summed E-state index contributed by atoms with van der Waals surface area (Å²) in [6.45, 7) is 1.78. The second-order valence-electron chi connectivity index (χ2n) is 6.32. The maximum atomic E-state index is 12.8. The highest BCUT2D eigenvalue weighted by Gasteiger charge is 2.30. The summed E-state index contributed by atoms with van der Waals surface area (Å²) < 4.78 is 38.4. The Hall–Kier alpha value is -3.16. The molecule has 0 unspecified atom stereocenters. The molecule has 1 N–H and O–H groups in total. The van der Waals surface area contributed by atoms with E-state index in [9.17, 15) is 18.0 Å². The number of allylic oxidation sites excluding steroid dienone is 2. The third-order valence-corrected chi connectivity index (χ3v) is 4.36. The van der Waals surface area contributed by atoms with Crippen LogP contribution in [0.15, 0.2) is 54.9 Å². The highest BCUT2D eigenvalue weighted by Crippen LogP contribution is 2.31. The molecule has 1 aromatic heterocycles. The molecule has 0 amide bonds. The second kappa shape index (κ2) is 8.24. The van der Waals surface area contributed by atoms with E-state index < -0.39 is 17.7 Å². The van der Waals surface area contributed by atoms with Gasteiger partial charge in [0, 0.05) is 37.1 Å². The van der Waals surface area contributed by atoms with Gasteiger partial charge in [0.2, 0.25) is 5.95 Å². The quantitative estimate of drug-likeness (QED) is 0.614. The second-order valence-corrected chi connectivity index (χ2v) is 6.32. The molecule has 1 aromatic carbocycles. The van der Waals surface area contributed by atoms with Gasteiger partial charge >= 0.3 is 12.1 Å². The van der Waals surface area contributed by atoms with E-state index in [0.29, 0.717) is 22.6 Å². The number of aliphatic carboxylic acids is 1. The van der Waals surface area contributed by atoms with Crippen LogP contribution in [0.1, 0.15) is 29.5 Å². The van der Waals surface area contributed by atoms with Gasteiger partial charge < -0.3 is 10.0 Å². The number of carbonyl (C=O) groups is 1. The van der Waals surface area contributed by atoms with E-state index in [1.165, 1.54) is 24.3 Å². The fraction of sp³-hybridized carbons (Fsp3) is 0.250. The van der Waals surface area contributed by atoms with Crippen molar-refractivity contribution in [1.29, 1.82) is 0 Å². The van der Waals surface area contributed by atoms with Crippen LogP contribution in [0, 0.1) is 0 Å². The Morgan fingerprint density at radius 1 is 1.04 bits per heavy atom. The molecule has 146 valence electrons. The number of rotatable bonds is 5. The van der Waals surface area contributed by atoms with Gasteiger partial charge in [-0.05, 0) is 36.1 Å². The van der Waals surface area contributed by atoms with Gasteiger partial charge in [0.05, 0.1) is 5.56 Å². The highest BCUT2D eigenvalue weighted by atomic mass is 19.4. The first-order chi connectivity index (χ1) is 13.3. The highest BCUT2D eigenvalue weighted by molar-refractivity contribution is 5.83. The third kappa shape index (κ3) is 4.76. The van der Waals surface area contributed by atoms with Gasteiger partial charge in [-0.1, -0.05) is 24.3 Å². The number of carboxylic acid groups (broad SMARTS) is 1. The number of halogens is 3. The average Bonchev–Trinajstić information content (AvgIpc) is 3.19. The molecule has 5 nitrogen and oxygen atoms in total. The molecular weight excluding hydrogens is 371 g/mol. The number of hydrogen-bond acceptors (Lipinski definition) is 4. The summed E-state index contributed by atoms with van der Waals surface area (Å²) in [6.07, 6.45) is 4.73. The average molecular weight is 389 g/mol. The van der Waals surface area contributed by atoms with Crippen LogP contribution < -0.4 is 4.90 Å². The Bertz CT molecular complexity index is 882. The molecule has 8 heteroatoms. The van der Waals surface area contributed by atoms with Crippen molar-refractivity contribution in [3.8, 4) is 0 Å². The summed E-state index contributed by atoms with van der Waals surface area (Å²) in [4.78, 5) is 21.5. The molecule has 0 bridgehead atoms. The fourth-order valence-corrected chi connectivity index (χ4v) is 2.97.